The average Bonchev–Trinajstić information content (AvgIpc) is 2.58. The summed E-state index contributed by atoms with van der Waals surface area (Å²) in [6, 6.07) is 11.0. The first-order valence-electron chi connectivity index (χ1n) is 6.69. The zero-order chi connectivity index (χ0) is 16.8. The minimum Gasteiger partial charge on any atom is -0.496 e. The minimum absolute atomic E-state index is 0.104. The molecule has 0 aromatic heterocycles. The number of rotatable bonds is 6. The molecule has 7 heteroatoms. The lowest BCUT2D eigenvalue weighted by molar-refractivity contribution is -0.385. The van der Waals surface area contributed by atoms with Gasteiger partial charge in [0.15, 0.2) is 0 Å². The van der Waals surface area contributed by atoms with E-state index in [1.165, 1.54) is 26.4 Å². The predicted octanol–water partition coefficient (Wildman–Crippen LogP) is 2.97. The molecule has 0 saturated carbocycles. The Balaban J connectivity index is 2.23. The Labute approximate surface area is 132 Å². The molecular weight excluding hydrogens is 302 g/mol. The smallest absolute Gasteiger partial charge is 0.346 e. The topological polar surface area (TPSA) is 87.9 Å². The van der Waals surface area contributed by atoms with Crippen LogP contribution in [0.3, 0.4) is 0 Å². The number of carbonyl (C=O) groups excluding carboxylic acids is 1. The monoisotopic (exact) mass is 317 g/mol. The van der Waals surface area contributed by atoms with Gasteiger partial charge in [-0.2, -0.15) is 0 Å². The maximum Gasteiger partial charge on any atom is 0.346 e. The van der Waals surface area contributed by atoms with Gasteiger partial charge >= 0.3 is 5.97 Å². The van der Waals surface area contributed by atoms with Crippen LogP contribution < -0.4 is 9.47 Å². The van der Waals surface area contributed by atoms with Crippen molar-refractivity contribution < 1.29 is 23.9 Å². The molecule has 0 N–H and O–H groups in total. The van der Waals surface area contributed by atoms with E-state index in [0.717, 1.165) is 0 Å². The van der Waals surface area contributed by atoms with E-state index in [-0.39, 0.29) is 17.9 Å². The molecule has 0 heterocycles. The molecule has 0 atom stereocenters. The molecule has 0 aliphatic heterocycles. The largest absolute Gasteiger partial charge is 0.496 e. The van der Waals surface area contributed by atoms with Gasteiger partial charge in [-0.15, -0.1) is 0 Å². The van der Waals surface area contributed by atoms with Gasteiger partial charge < -0.3 is 14.2 Å². The number of carbonyl (C=O) groups is 1. The first-order valence-corrected chi connectivity index (χ1v) is 6.69. The highest BCUT2D eigenvalue weighted by Gasteiger charge is 2.21. The van der Waals surface area contributed by atoms with E-state index < -0.39 is 10.9 Å². The summed E-state index contributed by atoms with van der Waals surface area (Å²) in [5.41, 5.74) is 0.336. The molecule has 0 unspecified atom stereocenters. The number of nitrogens with zero attached hydrogens (tertiary/aromatic N) is 1. The Hall–Kier alpha value is -3.09. The molecule has 0 bridgehead atoms. The van der Waals surface area contributed by atoms with Gasteiger partial charge in [0.1, 0.15) is 23.7 Å². The van der Waals surface area contributed by atoms with Crippen LogP contribution in [0, 0.1) is 10.1 Å². The maximum absolute atomic E-state index is 12.3. The van der Waals surface area contributed by atoms with Crippen molar-refractivity contribution in [2.75, 3.05) is 14.2 Å². The van der Waals surface area contributed by atoms with Crippen LogP contribution in [-0.2, 0) is 11.3 Å². The van der Waals surface area contributed by atoms with Crippen LogP contribution in [-0.4, -0.2) is 25.1 Å². The van der Waals surface area contributed by atoms with Gasteiger partial charge in [0.05, 0.1) is 24.7 Å². The molecule has 0 aliphatic rings. The number of para-hydroxylation sites is 1. The summed E-state index contributed by atoms with van der Waals surface area (Å²) in [5, 5.41) is 11.0. The summed E-state index contributed by atoms with van der Waals surface area (Å²) in [4.78, 5) is 22.7. The number of hydrogen-bond donors (Lipinski definition) is 0. The number of hydrogen-bond acceptors (Lipinski definition) is 6. The van der Waals surface area contributed by atoms with Crippen molar-refractivity contribution >= 4 is 11.7 Å². The van der Waals surface area contributed by atoms with Crippen LogP contribution >= 0.6 is 0 Å². The van der Waals surface area contributed by atoms with Gasteiger partial charge in [-0.25, -0.2) is 4.79 Å². The highest BCUT2D eigenvalue weighted by Crippen LogP contribution is 2.29. The van der Waals surface area contributed by atoms with E-state index >= 15 is 0 Å². The van der Waals surface area contributed by atoms with Crippen molar-refractivity contribution in [3.63, 3.8) is 0 Å². The van der Waals surface area contributed by atoms with Gasteiger partial charge in [-0.1, -0.05) is 18.2 Å². The van der Waals surface area contributed by atoms with Crippen LogP contribution in [0.2, 0.25) is 0 Å². The SMILES string of the molecule is COc1cccc(OC)c1C(=O)OCc1ccccc1[N+](=O)[O-]. The normalized spacial score (nSPS) is 10.0. The third-order valence-electron chi connectivity index (χ3n) is 3.18. The number of methoxy groups -OCH3 is 2. The van der Waals surface area contributed by atoms with Gasteiger partial charge in [0.2, 0.25) is 0 Å². The molecule has 0 radical (unpaired) electrons. The lowest BCUT2D eigenvalue weighted by atomic mass is 10.1. The molecule has 0 fully saturated rings. The maximum atomic E-state index is 12.3. The molecule has 7 nitrogen and oxygen atoms in total. The van der Waals surface area contributed by atoms with Crippen LogP contribution in [0.1, 0.15) is 15.9 Å². The first kappa shape index (κ1) is 16.3. The minimum atomic E-state index is -0.683. The predicted molar refractivity (Wildman–Crippen MR) is 81.8 cm³/mol. The fraction of sp³-hybridized carbons (Fsp3) is 0.188. The number of nitro groups is 1. The molecular formula is C16H15NO6. The van der Waals surface area contributed by atoms with Crippen molar-refractivity contribution in [3.05, 3.63) is 63.7 Å². The van der Waals surface area contributed by atoms with E-state index in [4.69, 9.17) is 14.2 Å². The summed E-state index contributed by atoms with van der Waals surface area (Å²) in [5.74, 6) is -0.0775. The third-order valence-corrected chi connectivity index (χ3v) is 3.18. The Bertz CT molecular complexity index is 706. The van der Waals surface area contributed by atoms with Gasteiger partial charge in [-0.05, 0) is 18.2 Å². The van der Waals surface area contributed by atoms with Crippen LogP contribution in [0.4, 0.5) is 5.69 Å². The number of nitro benzene ring substituents is 1. The Morgan fingerprint density at radius 1 is 1.04 bits per heavy atom. The zero-order valence-electron chi connectivity index (χ0n) is 12.6. The van der Waals surface area contributed by atoms with Crippen molar-refractivity contribution in [1.29, 1.82) is 0 Å². The second kappa shape index (κ2) is 7.26. The lowest BCUT2D eigenvalue weighted by Gasteiger charge is -2.12. The van der Waals surface area contributed by atoms with E-state index in [9.17, 15) is 14.9 Å². The highest BCUT2D eigenvalue weighted by atomic mass is 16.6. The molecule has 0 aliphatic carbocycles. The van der Waals surface area contributed by atoms with E-state index in [0.29, 0.717) is 17.1 Å². The fourth-order valence-corrected chi connectivity index (χ4v) is 2.08. The van der Waals surface area contributed by atoms with Crippen molar-refractivity contribution in [2.24, 2.45) is 0 Å². The molecule has 2 aromatic carbocycles. The quantitative estimate of drug-likeness (QED) is 0.462. The standard InChI is InChI=1S/C16H15NO6/c1-21-13-8-5-9-14(22-2)15(13)16(18)23-10-11-6-3-4-7-12(11)17(19)20/h3-9H,10H2,1-2H3. The van der Waals surface area contributed by atoms with Crippen molar-refractivity contribution in [1.82, 2.24) is 0 Å². The second-order valence-electron chi connectivity index (χ2n) is 4.50. The van der Waals surface area contributed by atoms with Crippen molar-refractivity contribution in [2.45, 2.75) is 6.61 Å². The fourth-order valence-electron chi connectivity index (χ4n) is 2.08. The van der Waals surface area contributed by atoms with Crippen molar-refractivity contribution in [3.8, 4) is 11.5 Å². The third kappa shape index (κ3) is 3.57. The summed E-state index contributed by atoms with van der Waals surface area (Å²) in [6.07, 6.45) is 0. The number of ether oxygens (including phenoxy) is 3. The second-order valence-corrected chi connectivity index (χ2v) is 4.50. The summed E-state index contributed by atoms with van der Waals surface area (Å²) in [6.45, 7) is -0.225. The van der Waals surface area contributed by atoms with Gasteiger partial charge in [0, 0.05) is 6.07 Å². The highest BCUT2D eigenvalue weighted by molar-refractivity contribution is 5.95. The van der Waals surface area contributed by atoms with Crippen LogP contribution in [0.25, 0.3) is 0 Å². The van der Waals surface area contributed by atoms with E-state index in [2.05, 4.69) is 0 Å². The molecule has 2 aromatic rings. The first-order chi connectivity index (χ1) is 11.1. The Morgan fingerprint density at radius 3 is 2.22 bits per heavy atom. The molecule has 0 amide bonds. The van der Waals surface area contributed by atoms with Gasteiger partial charge in [-0.3, -0.25) is 10.1 Å². The van der Waals surface area contributed by atoms with Crippen LogP contribution in [0.5, 0.6) is 11.5 Å². The van der Waals surface area contributed by atoms with Gasteiger partial charge in [0.25, 0.3) is 5.69 Å². The zero-order valence-corrected chi connectivity index (χ0v) is 12.6. The summed E-state index contributed by atoms with van der Waals surface area (Å²) in [7, 11) is 2.85. The molecule has 2 rings (SSSR count). The summed E-state index contributed by atoms with van der Waals surface area (Å²) < 4.78 is 15.5. The average molecular weight is 317 g/mol. The van der Waals surface area contributed by atoms with E-state index in [1.54, 1.807) is 30.3 Å². The number of esters is 1. The van der Waals surface area contributed by atoms with E-state index in [1.807, 2.05) is 0 Å². The molecule has 0 saturated heterocycles. The molecule has 23 heavy (non-hydrogen) atoms. The number of benzene rings is 2. The Kier molecular flexibility index (Phi) is 5.14. The van der Waals surface area contributed by atoms with Crippen LogP contribution in [0.15, 0.2) is 42.5 Å². The molecule has 0 spiro atoms. The molecule has 120 valence electrons. The Morgan fingerprint density at radius 2 is 1.65 bits per heavy atom. The summed E-state index contributed by atoms with van der Waals surface area (Å²) >= 11 is 0. The lowest BCUT2D eigenvalue weighted by Crippen LogP contribution is -2.10.